The molecule has 0 radical (unpaired) electrons. The molecular formula is C12H14N6O10S2. The summed E-state index contributed by atoms with van der Waals surface area (Å²) in [6.07, 6.45) is -1.29. The second kappa shape index (κ2) is 8.88. The second-order valence-corrected chi connectivity index (χ2v) is 7.62. The van der Waals surface area contributed by atoms with Crippen LogP contribution in [0.2, 0.25) is 0 Å². The van der Waals surface area contributed by atoms with E-state index in [0.29, 0.717) is 0 Å². The van der Waals surface area contributed by atoms with Crippen LogP contribution in [-0.4, -0.2) is 82.3 Å². The van der Waals surface area contributed by atoms with Crippen molar-refractivity contribution in [1.29, 1.82) is 0 Å². The van der Waals surface area contributed by atoms with Crippen molar-refractivity contribution in [2.75, 3.05) is 18.9 Å². The van der Waals surface area contributed by atoms with Crippen LogP contribution in [0.4, 0.5) is 9.93 Å². The zero-order valence-electron chi connectivity index (χ0n) is 14.6. The summed E-state index contributed by atoms with van der Waals surface area (Å²) >= 11 is 0.920. The van der Waals surface area contributed by atoms with Crippen LogP contribution in [0.3, 0.4) is 0 Å². The number of ether oxygens (including phenoxy) is 1. The lowest BCUT2D eigenvalue weighted by Crippen LogP contribution is -2.73. The lowest BCUT2D eigenvalue weighted by Gasteiger charge is -2.43. The number of carbonyl (C=O) groups is 4. The lowest BCUT2D eigenvalue weighted by atomic mass is 9.99. The number of nitrogens with two attached hydrogens (primary N) is 2. The van der Waals surface area contributed by atoms with Gasteiger partial charge in [-0.15, -0.1) is 11.3 Å². The Labute approximate surface area is 171 Å². The molecule has 2 heterocycles. The lowest BCUT2D eigenvalue weighted by molar-refractivity contribution is -0.146. The van der Waals surface area contributed by atoms with E-state index in [-0.39, 0.29) is 15.1 Å². The first-order valence-electron chi connectivity index (χ1n) is 7.58. The molecule has 0 aromatic carbocycles. The highest BCUT2D eigenvalue weighted by Gasteiger charge is 2.54. The molecule has 1 aromatic rings. The first kappa shape index (κ1) is 22.8. The standard InChI is InChI=1S/C12H14N6O10S2/c13-11-15-4(3-29-11)7(17-28-2-6(19)20)9(21)16-8-5(1-27-12(14)23)18(10(8)22)30(24,25)26/h3,5,8H,1-2H2,(H2,13,15)(H2,14,23)(H,16,21)(H,19,20)(H,24,25,26)/b17-7+. The van der Waals surface area contributed by atoms with Crippen molar-refractivity contribution in [3.8, 4) is 0 Å². The zero-order chi connectivity index (χ0) is 22.6. The van der Waals surface area contributed by atoms with E-state index in [1.807, 2.05) is 0 Å². The van der Waals surface area contributed by atoms with Crippen LogP contribution in [0, 0.1) is 0 Å². The van der Waals surface area contributed by atoms with Crippen LogP contribution in [-0.2, 0) is 34.3 Å². The minimum atomic E-state index is -5.02. The molecule has 1 aromatic heterocycles. The zero-order valence-corrected chi connectivity index (χ0v) is 16.3. The minimum Gasteiger partial charge on any atom is -0.479 e. The number of rotatable bonds is 9. The molecule has 18 heteroatoms. The molecule has 2 rings (SSSR count). The van der Waals surface area contributed by atoms with Crippen LogP contribution in [0.15, 0.2) is 10.5 Å². The molecule has 1 saturated heterocycles. The van der Waals surface area contributed by atoms with Gasteiger partial charge in [0.2, 0.25) is 6.61 Å². The number of β-lactam (4-membered cyclic amide) rings is 1. The van der Waals surface area contributed by atoms with Gasteiger partial charge in [0.1, 0.15) is 24.4 Å². The normalized spacial score (nSPS) is 19.0. The maximum atomic E-state index is 12.6. The third-order valence-electron chi connectivity index (χ3n) is 3.42. The summed E-state index contributed by atoms with van der Waals surface area (Å²) in [5, 5.41) is 15.4. The summed E-state index contributed by atoms with van der Waals surface area (Å²) in [5.74, 6) is -3.76. The Hall–Kier alpha value is -3.51. The Morgan fingerprint density at radius 2 is 2.07 bits per heavy atom. The van der Waals surface area contributed by atoms with E-state index in [2.05, 4.69) is 25.0 Å². The predicted octanol–water partition coefficient (Wildman–Crippen LogP) is -2.88. The first-order valence-corrected chi connectivity index (χ1v) is 9.86. The molecule has 16 nitrogen and oxygen atoms in total. The van der Waals surface area contributed by atoms with Gasteiger partial charge in [0.15, 0.2) is 10.8 Å². The van der Waals surface area contributed by atoms with E-state index in [0.717, 1.165) is 11.3 Å². The third-order valence-corrected chi connectivity index (χ3v) is 5.05. The van der Waals surface area contributed by atoms with E-state index in [9.17, 15) is 27.6 Å². The largest absolute Gasteiger partial charge is 0.479 e. The van der Waals surface area contributed by atoms with Crippen LogP contribution >= 0.6 is 11.3 Å². The maximum Gasteiger partial charge on any atom is 0.404 e. The van der Waals surface area contributed by atoms with Gasteiger partial charge < -0.3 is 31.5 Å². The van der Waals surface area contributed by atoms with Gasteiger partial charge in [-0.1, -0.05) is 5.16 Å². The van der Waals surface area contributed by atoms with Crippen molar-refractivity contribution in [2.24, 2.45) is 10.9 Å². The molecule has 1 aliphatic heterocycles. The first-order chi connectivity index (χ1) is 13.9. The number of carboxylic acids is 1. The molecule has 0 saturated carbocycles. The second-order valence-electron chi connectivity index (χ2n) is 5.44. The summed E-state index contributed by atoms with van der Waals surface area (Å²) in [4.78, 5) is 54.3. The van der Waals surface area contributed by atoms with E-state index >= 15 is 0 Å². The molecule has 3 amide bonds. The summed E-state index contributed by atoms with van der Waals surface area (Å²) in [6.45, 7) is -1.66. The number of nitrogen functional groups attached to an aromatic ring is 1. The fourth-order valence-corrected chi connectivity index (χ4v) is 3.67. The van der Waals surface area contributed by atoms with Crippen molar-refractivity contribution < 1.29 is 46.8 Å². The Morgan fingerprint density at radius 1 is 1.40 bits per heavy atom. The number of hydrogen-bond donors (Lipinski definition) is 5. The molecule has 2 unspecified atom stereocenters. The van der Waals surface area contributed by atoms with Gasteiger partial charge in [-0.25, -0.2) is 18.9 Å². The van der Waals surface area contributed by atoms with Gasteiger partial charge in [0.25, 0.3) is 11.8 Å². The molecule has 1 aliphatic rings. The van der Waals surface area contributed by atoms with Crippen molar-refractivity contribution in [2.45, 2.75) is 12.1 Å². The third kappa shape index (κ3) is 5.30. The fraction of sp³-hybridized carbons (Fsp3) is 0.333. The van der Waals surface area contributed by atoms with Crippen LogP contribution in [0.25, 0.3) is 0 Å². The van der Waals surface area contributed by atoms with Gasteiger partial charge in [-0.2, -0.15) is 8.42 Å². The molecular weight excluding hydrogens is 452 g/mol. The molecule has 1 fully saturated rings. The molecule has 164 valence electrons. The summed E-state index contributed by atoms with van der Waals surface area (Å²) < 4.78 is 36.2. The highest BCUT2D eigenvalue weighted by Crippen LogP contribution is 2.24. The number of anilines is 1. The quantitative estimate of drug-likeness (QED) is 0.106. The van der Waals surface area contributed by atoms with Crippen molar-refractivity contribution in [3.63, 3.8) is 0 Å². The smallest absolute Gasteiger partial charge is 0.404 e. The summed E-state index contributed by atoms with van der Waals surface area (Å²) in [5.41, 5.74) is 9.58. The number of aliphatic carboxylic acids is 1. The van der Waals surface area contributed by atoms with Crippen LogP contribution < -0.4 is 16.8 Å². The predicted molar refractivity (Wildman–Crippen MR) is 96.3 cm³/mol. The van der Waals surface area contributed by atoms with E-state index in [1.54, 1.807) is 0 Å². The Balaban J connectivity index is 2.24. The summed E-state index contributed by atoms with van der Waals surface area (Å²) in [6, 6.07) is -3.08. The number of nitrogens with zero attached hydrogens (tertiary/aromatic N) is 3. The molecule has 30 heavy (non-hydrogen) atoms. The fourth-order valence-electron chi connectivity index (χ4n) is 2.26. The van der Waals surface area contributed by atoms with Gasteiger partial charge in [-0.3, -0.25) is 14.1 Å². The Bertz CT molecular complexity index is 1000. The molecule has 0 bridgehead atoms. The van der Waals surface area contributed by atoms with Crippen LogP contribution in [0.1, 0.15) is 5.69 Å². The minimum absolute atomic E-state index is 0.0144. The van der Waals surface area contributed by atoms with Gasteiger partial charge in [-0.05, 0) is 0 Å². The van der Waals surface area contributed by atoms with E-state index in [1.165, 1.54) is 5.38 Å². The van der Waals surface area contributed by atoms with Gasteiger partial charge >= 0.3 is 22.4 Å². The summed E-state index contributed by atoms with van der Waals surface area (Å²) in [7, 11) is -5.02. The average Bonchev–Trinajstić information content (AvgIpc) is 3.04. The molecule has 7 N–H and O–H groups in total. The number of primary amides is 1. The number of amides is 3. The van der Waals surface area contributed by atoms with Gasteiger partial charge in [0, 0.05) is 5.38 Å². The Kier molecular flexibility index (Phi) is 6.74. The number of oxime groups is 1. The highest BCUT2D eigenvalue weighted by atomic mass is 32.2. The topological polar surface area (TPSA) is 254 Å². The van der Waals surface area contributed by atoms with Gasteiger partial charge in [0.05, 0.1) is 0 Å². The van der Waals surface area contributed by atoms with Crippen molar-refractivity contribution in [1.82, 2.24) is 14.6 Å². The molecule has 0 aliphatic carbocycles. The average molecular weight is 466 g/mol. The molecule has 0 spiro atoms. The number of aromatic nitrogens is 1. The van der Waals surface area contributed by atoms with E-state index < -0.39 is 65.2 Å². The van der Waals surface area contributed by atoms with Crippen molar-refractivity contribution >= 4 is 56.4 Å². The number of carbonyl (C=O) groups excluding carboxylic acids is 3. The van der Waals surface area contributed by atoms with Crippen molar-refractivity contribution in [3.05, 3.63) is 11.1 Å². The molecule has 2 atom stereocenters. The van der Waals surface area contributed by atoms with Crippen LogP contribution in [0.5, 0.6) is 0 Å². The van der Waals surface area contributed by atoms with E-state index in [4.69, 9.17) is 21.1 Å². The highest BCUT2D eigenvalue weighted by molar-refractivity contribution is 7.84. The SMILES string of the molecule is NC(=O)OCC1C(NC(=O)/C(=N/OCC(=O)O)c2csc(N)n2)C(=O)N1S(=O)(=O)O. The number of hydrogen-bond acceptors (Lipinski definition) is 12. The maximum absolute atomic E-state index is 12.6. The number of carboxylic acid groups (broad SMARTS) is 1. The Morgan fingerprint density at radius 3 is 2.57 bits per heavy atom. The number of nitrogens with one attached hydrogen (secondary N) is 1. The monoisotopic (exact) mass is 466 g/mol. The number of thiazole rings is 1.